The molecule has 2 aromatic rings. The van der Waals surface area contributed by atoms with E-state index in [1.807, 2.05) is 6.07 Å². The third-order valence-electron chi connectivity index (χ3n) is 3.27. The Bertz CT molecular complexity index is 840. The molecule has 0 amide bonds. The van der Waals surface area contributed by atoms with Crippen LogP contribution in [0, 0.1) is 18.3 Å². The molecule has 2 rings (SSSR count). The van der Waals surface area contributed by atoms with Crippen LogP contribution in [0.5, 0.6) is 5.75 Å². The minimum absolute atomic E-state index is 0.142. The lowest BCUT2D eigenvalue weighted by molar-refractivity contribution is 0.146. The summed E-state index contributed by atoms with van der Waals surface area (Å²) in [5.74, 6) is 0.615. The maximum absolute atomic E-state index is 12.4. The second-order valence-electron chi connectivity index (χ2n) is 5.06. The Morgan fingerprint density at radius 3 is 2.42 bits per heavy atom. The summed E-state index contributed by atoms with van der Waals surface area (Å²) in [6.07, 6.45) is 0. The molecule has 0 fully saturated rings. The van der Waals surface area contributed by atoms with Crippen LogP contribution in [0.4, 0.5) is 5.69 Å². The van der Waals surface area contributed by atoms with Crippen LogP contribution in [0.2, 0.25) is 0 Å². The van der Waals surface area contributed by atoms with Crippen molar-refractivity contribution >= 4 is 15.7 Å². The number of methoxy groups -OCH3 is 1. The summed E-state index contributed by atoms with van der Waals surface area (Å²) in [5.41, 5.74) is 1.58. The second kappa shape index (κ2) is 7.81. The minimum Gasteiger partial charge on any atom is -0.491 e. The molecule has 1 N–H and O–H groups in total. The molecule has 126 valence electrons. The van der Waals surface area contributed by atoms with Gasteiger partial charge in [0.25, 0.3) is 10.0 Å². The number of rotatable bonds is 7. The number of ether oxygens (including phenoxy) is 2. The molecule has 0 aliphatic rings. The van der Waals surface area contributed by atoms with Gasteiger partial charge in [0.1, 0.15) is 12.4 Å². The van der Waals surface area contributed by atoms with Crippen LogP contribution in [0.15, 0.2) is 47.4 Å². The Morgan fingerprint density at radius 1 is 1.12 bits per heavy atom. The number of anilines is 1. The fraction of sp³-hybridized carbons (Fsp3) is 0.235. The first-order chi connectivity index (χ1) is 11.5. The summed E-state index contributed by atoms with van der Waals surface area (Å²) in [6, 6.07) is 12.8. The Kier molecular flexibility index (Phi) is 5.79. The van der Waals surface area contributed by atoms with Crippen molar-refractivity contribution in [2.24, 2.45) is 0 Å². The van der Waals surface area contributed by atoms with Crippen LogP contribution in [0.1, 0.15) is 11.1 Å². The van der Waals surface area contributed by atoms with Crippen molar-refractivity contribution < 1.29 is 17.9 Å². The summed E-state index contributed by atoms with van der Waals surface area (Å²) in [6.45, 7) is 2.63. The highest BCUT2D eigenvalue weighted by atomic mass is 32.2. The molecule has 0 aliphatic heterocycles. The van der Waals surface area contributed by atoms with Gasteiger partial charge in [-0.3, -0.25) is 4.72 Å². The molecule has 0 spiro atoms. The third kappa shape index (κ3) is 4.47. The van der Waals surface area contributed by atoms with E-state index in [1.165, 1.54) is 6.07 Å². The lowest BCUT2D eigenvalue weighted by Crippen LogP contribution is -2.13. The number of hydrogen-bond acceptors (Lipinski definition) is 5. The quantitative estimate of drug-likeness (QED) is 0.779. The lowest BCUT2D eigenvalue weighted by atomic mass is 10.2. The largest absolute Gasteiger partial charge is 0.491 e. The first-order valence-corrected chi connectivity index (χ1v) is 8.70. The molecule has 0 saturated carbocycles. The zero-order valence-electron chi connectivity index (χ0n) is 13.4. The van der Waals surface area contributed by atoms with Crippen molar-refractivity contribution in [1.82, 2.24) is 0 Å². The summed E-state index contributed by atoms with van der Waals surface area (Å²) in [7, 11) is -2.13. The average molecular weight is 346 g/mol. The van der Waals surface area contributed by atoms with Gasteiger partial charge in [-0.25, -0.2) is 8.42 Å². The molecule has 2 aromatic carbocycles. The number of benzene rings is 2. The van der Waals surface area contributed by atoms with E-state index in [4.69, 9.17) is 14.7 Å². The number of sulfonamides is 1. The van der Waals surface area contributed by atoms with Gasteiger partial charge in [0.2, 0.25) is 0 Å². The molecule has 0 aromatic heterocycles. The first kappa shape index (κ1) is 17.8. The standard InChI is InChI=1S/C17H18N2O4S/c1-13-11-16(7-8-17(13)23-10-9-22-2)24(20,21)19-15-5-3-14(12-18)4-6-15/h3-8,11,19H,9-10H2,1-2H3. The number of aryl methyl sites for hydroxylation is 1. The number of hydrogen-bond donors (Lipinski definition) is 1. The Morgan fingerprint density at radius 2 is 1.83 bits per heavy atom. The molecule has 6 nitrogen and oxygen atoms in total. The van der Waals surface area contributed by atoms with E-state index in [1.54, 1.807) is 50.4 Å². The molecular weight excluding hydrogens is 328 g/mol. The van der Waals surface area contributed by atoms with Crippen LogP contribution in [0.3, 0.4) is 0 Å². The van der Waals surface area contributed by atoms with E-state index in [-0.39, 0.29) is 4.90 Å². The van der Waals surface area contributed by atoms with Crippen molar-refractivity contribution in [1.29, 1.82) is 5.26 Å². The van der Waals surface area contributed by atoms with Crippen molar-refractivity contribution in [3.8, 4) is 11.8 Å². The molecule has 0 bridgehead atoms. The van der Waals surface area contributed by atoms with Gasteiger partial charge in [-0.15, -0.1) is 0 Å². The van der Waals surface area contributed by atoms with Crippen LogP contribution >= 0.6 is 0 Å². The number of nitrogens with one attached hydrogen (secondary N) is 1. The van der Waals surface area contributed by atoms with Gasteiger partial charge in [0, 0.05) is 12.8 Å². The van der Waals surface area contributed by atoms with Crippen LogP contribution in [-0.2, 0) is 14.8 Å². The maximum Gasteiger partial charge on any atom is 0.261 e. The van der Waals surface area contributed by atoms with Gasteiger partial charge >= 0.3 is 0 Å². The van der Waals surface area contributed by atoms with Crippen LogP contribution < -0.4 is 9.46 Å². The fourth-order valence-corrected chi connectivity index (χ4v) is 3.16. The van der Waals surface area contributed by atoms with Gasteiger partial charge in [0.05, 0.1) is 23.1 Å². The summed E-state index contributed by atoms with van der Waals surface area (Å²) in [5, 5.41) is 8.76. The molecule has 24 heavy (non-hydrogen) atoms. The average Bonchev–Trinajstić information content (AvgIpc) is 2.57. The van der Waals surface area contributed by atoms with E-state index in [9.17, 15) is 8.42 Å². The zero-order chi connectivity index (χ0) is 17.6. The van der Waals surface area contributed by atoms with Gasteiger partial charge in [-0.1, -0.05) is 0 Å². The van der Waals surface area contributed by atoms with E-state index >= 15 is 0 Å². The predicted molar refractivity (Wildman–Crippen MR) is 90.5 cm³/mol. The van der Waals surface area contributed by atoms with E-state index in [0.29, 0.717) is 35.8 Å². The van der Waals surface area contributed by atoms with Crippen molar-refractivity contribution in [3.63, 3.8) is 0 Å². The summed E-state index contributed by atoms with van der Waals surface area (Å²) < 4.78 is 37.8. The van der Waals surface area contributed by atoms with Gasteiger partial charge in [-0.2, -0.15) is 5.26 Å². The number of nitriles is 1. The van der Waals surface area contributed by atoms with Crippen molar-refractivity contribution in [3.05, 3.63) is 53.6 Å². The maximum atomic E-state index is 12.4. The van der Waals surface area contributed by atoms with Crippen LogP contribution in [0.25, 0.3) is 0 Å². The van der Waals surface area contributed by atoms with E-state index in [2.05, 4.69) is 4.72 Å². The normalized spacial score (nSPS) is 10.9. The van der Waals surface area contributed by atoms with E-state index in [0.717, 1.165) is 0 Å². The second-order valence-corrected chi connectivity index (χ2v) is 6.75. The number of nitrogens with zero attached hydrogens (tertiary/aromatic N) is 1. The van der Waals surface area contributed by atoms with Crippen LogP contribution in [-0.4, -0.2) is 28.7 Å². The molecule has 0 heterocycles. The van der Waals surface area contributed by atoms with Gasteiger partial charge in [0.15, 0.2) is 0 Å². The lowest BCUT2D eigenvalue weighted by Gasteiger charge is -2.12. The Labute approximate surface area is 141 Å². The molecule has 7 heteroatoms. The highest BCUT2D eigenvalue weighted by Gasteiger charge is 2.15. The minimum atomic E-state index is -3.71. The zero-order valence-corrected chi connectivity index (χ0v) is 14.3. The molecule has 0 saturated heterocycles. The molecule has 0 atom stereocenters. The Hall–Kier alpha value is -2.56. The molecule has 0 radical (unpaired) electrons. The highest BCUT2D eigenvalue weighted by Crippen LogP contribution is 2.23. The first-order valence-electron chi connectivity index (χ1n) is 7.21. The monoisotopic (exact) mass is 346 g/mol. The topological polar surface area (TPSA) is 88.4 Å². The molecule has 0 unspecified atom stereocenters. The van der Waals surface area contributed by atoms with Crippen molar-refractivity contribution in [2.75, 3.05) is 25.0 Å². The molecule has 0 aliphatic carbocycles. The highest BCUT2D eigenvalue weighted by molar-refractivity contribution is 7.92. The van der Waals surface area contributed by atoms with Gasteiger partial charge in [-0.05, 0) is 55.0 Å². The predicted octanol–water partition coefficient (Wildman–Crippen LogP) is 2.69. The SMILES string of the molecule is COCCOc1ccc(S(=O)(=O)Nc2ccc(C#N)cc2)cc1C. The van der Waals surface area contributed by atoms with Crippen molar-refractivity contribution in [2.45, 2.75) is 11.8 Å². The fourth-order valence-electron chi connectivity index (χ4n) is 2.01. The smallest absolute Gasteiger partial charge is 0.261 e. The summed E-state index contributed by atoms with van der Waals surface area (Å²) in [4.78, 5) is 0.142. The third-order valence-corrected chi connectivity index (χ3v) is 4.65. The van der Waals surface area contributed by atoms with Gasteiger partial charge < -0.3 is 9.47 Å². The van der Waals surface area contributed by atoms with E-state index < -0.39 is 10.0 Å². The summed E-state index contributed by atoms with van der Waals surface area (Å²) >= 11 is 0. The Balaban J connectivity index is 2.16. The molecular formula is C17H18N2O4S.